The molecule has 0 saturated heterocycles. The highest BCUT2D eigenvalue weighted by Crippen LogP contribution is 2.52. The van der Waals surface area contributed by atoms with Crippen molar-refractivity contribution in [3.63, 3.8) is 0 Å². The van der Waals surface area contributed by atoms with Gasteiger partial charge in [0.2, 0.25) is 13.6 Å². The molecular weight excluding hydrogens is 623 g/mol. The quantitative estimate of drug-likeness (QED) is 0.0729. The molecule has 3 aromatic carbocycles. The van der Waals surface area contributed by atoms with Gasteiger partial charge in [-0.05, 0) is 70.4 Å². The molecule has 0 saturated carbocycles. The zero-order valence-corrected chi connectivity index (χ0v) is 28.0. The van der Waals surface area contributed by atoms with Crippen LogP contribution in [0.4, 0.5) is 0 Å². The zero-order chi connectivity index (χ0) is 32.1. The molecule has 0 atom stereocenters. The largest absolute Gasteiger partial charge is 0.438 e. The van der Waals surface area contributed by atoms with Gasteiger partial charge in [0, 0.05) is 5.56 Å². The molecule has 0 aliphatic carbocycles. The van der Waals surface area contributed by atoms with Crippen LogP contribution in [-0.4, -0.2) is 41.0 Å². The summed E-state index contributed by atoms with van der Waals surface area (Å²) in [5.41, 5.74) is 3.59. The molecule has 12 heteroatoms. The van der Waals surface area contributed by atoms with Gasteiger partial charge in [-0.3, -0.25) is 23.2 Å². The molecule has 1 aromatic heterocycles. The van der Waals surface area contributed by atoms with Crippen LogP contribution >= 0.6 is 31.0 Å². The lowest BCUT2D eigenvalue weighted by molar-refractivity contribution is -0.161. The second-order valence-electron chi connectivity index (χ2n) is 12.1. The first-order chi connectivity index (χ1) is 20.6. The predicted molar refractivity (Wildman–Crippen MR) is 173 cm³/mol. The number of rotatable bonds is 11. The third-order valence-electron chi connectivity index (χ3n) is 6.31. The highest BCUT2D eigenvalue weighted by molar-refractivity contribution is 8.04. The van der Waals surface area contributed by atoms with Gasteiger partial charge in [-0.1, -0.05) is 78.0 Å². The Morgan fingerprint density at radius 3 is 1.89 bits per heavy atom. The van der Waals surface area contributed by atoms with E-state index in [1.54, 1.807) is 47.6 Å². The van der Waals surface area contributed by atoms with Gasteiger partial charge in [-0.25, -0.2) is 4.98 Å². The first-order valence-corrected chi connectivity index (χ1v) is 16.9. The zero-order valence-electron chi connectivity index (χ0n) is 25.5. The summed E-state index contributed by atoms with van der Waals surface area (Å²) in [4.78, 5) is 32.1. The number of aromatic amines is 1. The van der Waals surface area contributed by atoms with Crippen molar-refractivity contribution < 1.29 is 32.7 Å². The Morgan fingerprint density at radius 2 is 1.34 bits per heavy atom. The number of carbonyl (C=O) groups is 2. The van der Waals surface area contributed by atoms with Crippen molar-refractivity contribution in [2.75, 3.05) is 19.1 Å². The maximum absolute atomic E-state index is 13.6. The van der Waals surface area contributed by atoms with E-state index in [1.807, 2.05) is 48.5 Å². The van der Waals surface area contributed by atoms with E-state index in [0.717, 1.165) is 34.0 Å². The van der Waals surface area contributed by atoms with Crippen LogP contribution < -0.4 is 0 Å². The minimum absolute atomic E-state index is 0.200. The fourth-order valence-electron chi connectivity index (χ4n) is 3.77. The van der Waals surface area contributed by atoms with Crippen molar-refractivity contribution in [2.24, 2.45) is 10.8 Å². The molecule has 1 N–H and O–H groups in total. The van der Waals surface area contributed by atoms with Crippen molar-refractivity contribution in [3.05, 3.63) is 71.8 Å². The Hall–Kier alpha value is -3.14. The molecule has 0 aliphatic heterocycles. The van der Waals surface area contributed by atoms with E-state index < -0.39 is 44.0 Å². The van der Waals surface area contributed by atoms with Crippen LogP contribution in [0.2, 0.25) is 5.02 Å². The van der Waals surface area contributed by atoms with Crippen molar-refractivity contribution in [3.8, 4) is 22.3 Å². The van der Waals surface area contributed by atoms with Gasteiger partial charge in [0.25, 0.3) is 0 Å². The van der Waals surface area contributed by atoms with E-state index >= 15 is 0 Å². The van der Waals surface area contributed by atoms with Crippen molar-refractivity contribution in [1.82, 2.24) is 9.97 Å². The number of hydrogen-bond acceptors (Lipinski definition) is 9. The van der Waals surface area contributed by atoms with Crippen LogP contribution in [0, 0.1) is 10.8 Å². The van der Waals surface area contributed by atoms with Gasteiger partial charge < -0.3 is 14.5 Å². The number of aromatic nitrogens is 2. The molecule has 4 aromatic rings. The Morgan fingerprint density at radius 1 is 0.818 bits per heavy atom. The van der Waals surface area contributed by atoms with Crippen LogP contribution in [0.1, 0.15) is 41.5 Å². The number of thioether (sulfide) groups is 1. The molecule has 1 heterocycles. The average Bonchev–Trinajstić information content (AvgIpc) is 3.37. The highest BCUT2D eigenvalue weighted by Gasteiger charge is 2.31. The summed E-state index contributed by atoms with van der Waals surface area (Å²) in [5, 5.41) is 0.988. The van der Waals surface area contributed by atoms with Crippen LogP contribution in [0.5, 0.6) is 0 Å². The number of H-pyrrole nitrogens is 1. The van der Waals surface area contributed by atoms with E-state index in [4.69, 9.17) is 30.1 Å². The van der Waals surface area contributed by atoms with E-state index in [2.05, 4.69) is 22.1 Å². The van der Waals surface area contributed by atoms with Crippen molar-refractivity contribution >= 4 is 53.9 Å². The summed E-state index contributed by atoms with van der Waals surface area (Å²) in [5.74, 6) is -1.06. The summed E-state index contributed by atoms with van der Waals surface area (Å²) in [6.45, 7) is 8.93. The van der Waals surface area contributed by atoms with E-state index in [-0.39, 0.29) is 5.49 Å². The summed E-state index contributed by atoms with van der Waals surface area (Å²) in [7, 11) is -3.92. The molecule has 0 bridgehead atoms. The lowest BCUT2D eigenvalue weighted by Crippen LogP contribution is -2.24. The number of imidazole rings is 1. The normalized spacial score (nSPS) is 12.3. The molecule has 234 valence electrons. The first kappa shape index (κ1) is 33.7. The molecule has 0 fully saturated rings. The van der Waals surface area contributed by atoms with Crippen LogP contribution in [0.25, 0.3) is 33.3 Å². The van der Waals surface area contributed by atoms with E-state index in [0.29, 0.717) is 21.2 Å². The topological polar surface area (TPSA) is 117 Å². The van der Waals surface area contributed by atoms with E-state index in [1.165, 1.54) is 0 Å². The van der Waals surface area contributed by atoms with E-state index in [9.17, 15) is 14.2 Å². The van der Waals surface area contributed by atoms with Gasteiger partial charge >= 0.3 is 19.5 Å². The molecule has 0 radical (unpaired) electrons. The maximum atomic E-state index is 13.6. The summed E-state index contributed by atoms with van der Waals surface area (Å²) >= 11 is 7.75. The minimum Gasteiger partial charge on any atom is -0.438 e. The molecule has 0 unspecified atom stereocenters. The molecule has 0 aliphatic rings. The smallest absolute Gasteiger partial charge is 0.346 e. The number of fused-ring (bicyclic) bond motifs is 1. The van der Waals surface area contributed by atoms with Gasteiger partial charge in [0.05, 0.1) is 26.9 Å². The predicted octanol–water partition coefficient (Wildman–Crippen LogP) is 8.92. The number of nitrogens with one attached hydrogen (secondary N) is 1. The number of hydrogen-bond donors (Lipinski definition) is 1. The second-order valence-corrected chi connectivity index (χ2v) is 15.9. The van der Waals surface area contributed by atoms with Gasteiger partial charge in [-0.15, -0.1) is 0 Å². The summed E-state index contributed by atoms with van der Waals surface area (Å²) < 4.78 is 34.6. The molecule has 9 nitrogen and oxygen atoms in total. The van der Waals surface area contributed by atoms with Gasteiger partial charge in [0.1, 0.15) is 5.49 Å². The fourth-order valence-corrected chi connectivity index (χ4v) is 6.61. The standard InChI is InChI=1S/C32H36ClN2O7PS/c1-31(2,3)28(36)39-18-41-43(38,42-19-40-29(37)32(4,5)6)20-44-30-34-26-16-24(25(33)17-27(26)35-30)23-14-12-22(13-15-23)21-10-8-7-9-11-21/h7-17H,18-20H2,1-6H3,(H,34,35). The van der Waals surface area contributed by atoms with Gasteiger partial charge in [-0.2, -0.15) is 0 Å². The fraction of sp³-hybridized carbons (Fsp3) is 0.344. The number of ether oxygens (including phenoxy) is 2. The van der Waals surface area contributed by atoms with Crippen molar-refractivity contribution in [1.29, 1.82) is 0 Å². The van der Waals surface area contributed by atoms with Crippen LogP contribution in [0.15, 0.2) is 71.9 Å². The second kappa shape index (κ2) is 13.9. The minimum atomic E-state index is -3.92. The first-order valence-electron chi connectivity index (χ1n) is 13.9. The third kappa shape index (κ3) is 8.96. The Kier molecular flexibility index (Phi) is 10.6. The number of benzene rings is 3. The number of halogens is 1. The number of esters is 2. The van der Waals surface area contributed by atoms with Crippen LogP contribution in [0.3, 0.4) is 0 Å². The average molecular weight is 659 g/mol. The lowest BCUT2D eigenvalue weighted by atomic mass is 9.98. The lowest BCUT2D eigenvalue weighted by Gasteiger charge is -2.21. The number of nitrogens with zero attached hydrogens (tertiary/aromatic N) is 1. The monoisotopic (exact) mass is 658 g/mol. The third-order valence-corrected chi connectivity index (χ3v) is 9.87. The maximum Gasteiger partial charge on any atom is 0.346 e. The summed E-state index contributed by atoms with van der Waals surface area (Å²) in [6.07, 6.45) is 0. The molecule has 44 heavy (non-hydrogen) atoms. The molecule has 0 spiro atoms. The SMILES string of the molecule is CC(C)(C)C(=O)OCOP(=O)(CSc1nc2cc(-c3ccc(-c4ccccc4)cc3)c(Cl)cc2[nH]1)OCOC(=O)C(C)(C)C. The van der Waals surface area contributed by atoms with Crippen molar-refractivity contribution in [2.45, 2.75) is 46.7 Å². The Balaban J connectivity index is 1.48. The Labute approximate surface area is 266 Å². The Bertz CT molecular complexity index is 1630. The summed E-state index contributed by atoms with van der Waals surface area (Å²) in [6, 6.07) is 21.9. The number of carbonyl (C=O) groups excluding carboxylic acids is 2. The molecule has 0 amide bonds. The molecule has 4 rings (SSSR count). The highest BCUT2D eigenvalue weighted by atomic mass is 35.5. The molecular formula is C32H36ClN2O7PS. The van der Waals surface area contributed by atoms with Gasteiger partial charge in [0.15, 0.2) is 5.16 Å². The van der Waals surface area contributed by atoms with Crippen LogP contribution in [-0.2, 0) is 32.7 Å².